The van der Waals surface area contributed by atoms with E-state index in [4.69, 9.17) is 0 Å². The van der Waals surface area contributed by atoms with Crippen molar-refractivity contribution in [2.24, 2.45) is 5.92 Å². The lowest BCUT2D eigenvalue weighted by Gasteiger charge is -2.20. The minimum Gasteiger partial charge on any atom is -0.358 e. The zero-order chi connectivity index (χ0) is 17.4. The van der Waals surface area contributed by atoms with Crippen molar-refractivity contribution in [3.63, 3.8) is 0 Å². The van der Waals surface area contributed by atoms with Gasteiger partial charge < -0.3 is 16.0 Å². The van der Waals surface area contributed by atoms with E-state index in [-0.39, 0.29) is 30.2 Å². The summed E-state index contributed by atoms with van der Waals surface area (Å²) in [5.41, 5.74) is 1.39. The average molecular weight is 319 g/mol. The quantitative estimate of drug-likeness (QED) is 0.701. The second-order valence-corrected chi connectivity index (χ2v) is 5.86. The standard InChI is InChI=1S/C17H25N3O3/c1-11(2)9-14(17(23)19-10-15(21)18-4)20-16(22)13-8-6-5-7-12(13)3/h5-8,11,14H,9-10H2,1-4H3,(H,18,21)(H,19,23)(H,20,22). The first-order valence-electron chi connectivity index (χ1n) is 7.70. The Morgan fingerprint density at radius 1 is 1.13 bits per heavy atom. The number of likely N-dealkylation sites (N-methyl/N-ethyl adjacent to an activating group) is 1. The highest BCUT2D eigenvalue weighted by molar-refractivity contribution is 5.99. The second-order valence-electron chi connectivity index (χ2n) is 5.86. The lowest BCUT2D eigenvalue weighted by Crippen LogP contribution is -2.49. The Morgan fingerprint density at radius 3 is 2.35 bits per heavy atom. The summed E-state index contributed by atoms with van der Waals surface area (Å²) in [6.07, 6.45) is 0.497. The predicted molar refractivity (Wildman–Crippen MR) is 89.0 cm³/mol. The summed E-state index contributed by atoms with van der Waals surface area (Å²) in [6.45, 7) is 5.68. The van der Waals surface area contributed by atoms with Crippen LogP contribution in [0.3, 0.4) is 0 Å². The van der Waals surface area contributed by atoms with Crippen molar-refractivity contribution in [3.8, 4) is 0 Å². The lowest BCUT2D eigenvalue weighted by molar-refractivity contribution is -0.127. The van der Waals surface area contributed by atoms with Crippen LogP contribution in [0.2, 0.25) is 0 Å². The molecule has 0 aliphatic heterocycles. The number of hydrogen-bond acceptors (Lipinski definition) is 3. The fraction of sp³-hybridized carbons (Fsp3) is 0.471. The van der Waals surface area contributed by atoms with Crippen molar-refractivity contribution >= 4 is 17.7 Å². The van der Waals surface area contributed by atoms with Crippen LogP contribution in [0.4, 0.5) is 0 Å². The summed E-state index contributed by atoms with van der Waals surface area (Å²) in [4.78, 5) is 35.9. The van der Waals surface area contributed by atoms with Gasteiger partial charge in [-0.1, -0.05) is 32.0 Å². The van der Waals surface area contributed by atoms with E-state index in [9.17, 15) is 14.4 Å². The molecule has 1 rings (SSSR count). The molecule has 6 nitrogen and oxygen atoms in total. The van der Waals surface area contributed by atoms with E-state index in [0.29, 0.717) is 12.0 Å². The van der Waals surface area contributed by atoms with Gasteiger partial charge in [0.05, 0.1) is 6.54 Å². The maximum atomic E-state index is 12.4. The summed E-state index contributed by atoms with van der Waals surface area (Å²) in [5, 5.41) is 7.74. The van der Waals surface area contributed by atoms with Crippen LogP contribution in [0.15, 0.2) is 24.3 Å². The number of rotatable bonds is 7. The van der Waals surface area contributed by atoms with Crippen LogP contribution in [0.5, 0.6) is 0 Å². The van der Waals surface area contributed by atoms with E-state index < -0.39 is 6.04 Å². The highest BCUT2D eigenvalue weighted by Gasteiger charge is 2.23. The van der Waals surface area contributed by atoms with E-state index in [1.54, 1.807) is 12.1 Å². The molecule has 0 saturated carbocycles. The second kappa shape index (κ2) is 8.92. The van der Waals surface area contributed by atoms with Gasteiger partial charge in [-0.15, -0.1) is 0 Å². The summed E-state index contributed by atoms with van der Waals surface area (Å²) in [5.74, 6) is -0.706. The van der Waals surface area contributed by atoms with Crippen LogP contribution < -0.4 is 16.0 Å². The third-order valence-corrected chi connectivity index (χ3v) is 3.42. The topological polar surface area (TPSA) is 87.3 Å². The van der Waals surface area contributed by atoms with Gasteiger partial charge in [-0.25, -0.2) is 0 Å². The Labute approximate surface area is 137 Å². The van der Waals surface area contributed by atoms with Gasteiger partial charge in [0.1, 0.15) is 6.04 Å². The summed E-state index contributed by atoms with van der Waals surface area (Å²) in [7, 11) is 1.50. The van der Waals surface area contributed by atoms with Crippen LogP contribution in [0, 0.1) is 12.8 Å². The molecule has 0 radical (unpaired) electrons. The van der Waals surface area contributed by atoms with Crippen molar-refractivity contribution in [3.05, 3.63) is 35.4 Å². The molecule has 0 saturated heterocycles. The zero-order valence-corrected chi connectivity index (χ0v) is 14.1. The Morgan fingerprint density at radius 2 is 1.78 bits per heavy atom. The normalized spacial score (nSPS) is 11.7. The van der Waals surface area contributed by atoms with Crippen LogP contribution >= 0.6 is 0 Å². The Bertz CT molecular complexity index is 570. The van der Waals surface area contributed by atoms with Gasteiger partial charge in [-0.2, -0.15) is 0 Å². The third-order valence-electron chi connectivity index (χ3n) is 3.42. The molecular weight excluding hydrogens is 294 g/mol. The van der Waals surface area contributed by atoms with E-state index in [0.717, 1.165) is 5.56 Å². The molecule has 0 spiro atoms. The van der Waals surface area contributed by atoms with Crippen molar-refractivity contribution in [2.45, 2.75) is 33.2 Å². The number of benzene rings is 1. The predicted octanol–water partition coefficient (Wildman–Crippen LogP) is 1.00. The Balaban J connectivity index is 2.78. The van der Waals surface area contributed by atoms with E-state index in [2.05, 4.69) is 16.0 Å². The van der Waals surface area contributed by atoms with Gasteiger partial charge >= 0.3 is 0 Å². The zero-order valence-electron chi connectivity index (χ0n) is 14.1. The number of carbonyl (C=O) groups is 3. The molecule has 0 aliphatic rings. The minimum absolute atomic E-state index is 0.107. The molecule has 3 amide bonds. The van der Waals surface area contributed by atoms with Gasteiger partial charge in [0.2, 0.25) is 11.8 Å². The smallest absolute Gasteiger partial charge is 0.252 e. The highest BCUT2D eigenvalue weighted by atomic mass is 16.2. The van der Waals surface area contributed by atoms with Crippen LogP contribution in [0.1, 0.15) is 36.2 Å². The van der Waals surface area contributed by atoms with Gasteiger partial charge in [0.15, 0.2) is 0 Å². The van der Waals surface area contributed by atoms with E-state index in [1.165, 1.54) is 7.05 Å². The van der Waals surface area contributed by atoms with Crippen molar-refractivity contribution < 1.29 is 14.4 Å². The van der Waals surface area contributed by atoms with Crippen LogP contribution in [0.25, 0.3) is 0 Å². The Hall–Kier alpha value is -2.37. The molecule has 0 heterocycles. The first-order valence-corrected chi connectivity index (χ1v) is 7.70. The summed E-state index contributed by atoms with van der Waals surface area (Å²) >= 11 is 0. The number of aryl methyl sites for hydroxylation is 1. The summed E-state index contributed by atoms with van der Waals surface area (Å²) < 4.78 is 0. The number of carbonyl (C=O) groups excluding carboxylic acids is 3. The fourth-order valence-electron chi connectivity index (χ4n) is 2.15. The minimum atomic E-state index is -0.674. The lowest BCUT2D eigenvalue weighted by atomic mass is 10.0. The first-order chi connectivity index (χ1) is 10.8. The molecule has 1 atom stereocenters. The molecule has 23 heavy (non-hydrogen) atoms. The van der Waals surface area contributed by atoms with Gasteiger partial charge in [0.25, 0.3) is 5.91 Å². The van der Waals surface area contributed by atoms with Gasteiger partial charge in [-0.3, -0.25) is 14.4 Å². The monoisotopic (exact) mass is 319 g/mol. The molecule has 0 aromatic heterocycles. The molecule has 0 bridgehead atoms. The SMILES string of the molecule is CNC(=O)CNC(=O)C(CC(C)C)NC(=O)c1ccccc1C. The average Bonchev–Trinajstić information content (AvgIpc) is 2.51. The summed E-state index contributed by atoms with van der Waals surface area (Å²) in [6, 6.07) is 6.53. The number of hydrogen-bond donors (Lipinski definition) is 3. The molecule has 0 aliphatic carbocycles. The fourth-order valence-corrected chi connectivity index (χ4v) is 2.15. The molecule has 1 aromatic rings. The van der Waals surface area contributed by atoms with Crippen molar-refractivity contribution in [2.75, 3.05) is 13.6 Å². The maximum Gasteiger partial charge on any atom is 0.252 e. The molecular formula is C17H25N3O3. The van der Waals surface area contributed by atoms with Gasteiger partial charge in [0, 0.05) is 12.6 Å². The maximum absolute atomic E-state index is 12.4. The van der Waals surface area contributed by atoms with E-state index >= 15 is 0 Å². The van der Waals surface area contributed by atoms with Gasteiger partial charge in [-0.05, 0) is 30.9 Å². The highest BCUT2D eigenvalue weighted by Crippen LogP contribution is 2.10. The molecule has 3 N–H and O–H groups in total. The number of amides is 3. The molecule has 0 fully saturated rings. The number of nitrogens with one attached hydrogen (secondary N) is 3. The van der Waals surface area contributed by atoms with Crippen molar-refractivity contribution in [1.82, 2.24) is 16.0 Å². The first kappa shape index (κ1) is 18.7. The molecule has 6 heteroatoms. The third kappa shape index (κ3) is 6.10. The van der Waals surface area contributed by atoms with E-state index in [1.807, 2.05) is 32.9 Å². The van der Waals surface area contributed by atoms with Crippen LogP contribution in [-0.2, 0) is 9.59 Å². The van der Waals surface area contributed by atoms with Crippen molar-refractivity contribution in [1.29, 1.82) is 0 Å². The Kier molecular flexibility index (Phi) is 7.25. The molecule has 126 valence electrons. The molecule has 1 aromatic carbocycles. The molecule has 1 unspecified atom stereocenters. The largest absolute Gasteiger partial charge is 0.358 e. The van der Waals surface area contributed by atoms with Crippen LogP contribution in [-0.4, -0.2) is 37.4 Å².